The first kappa shape index (κ1) is 34.0. The smallest absolute Gasteiger partial charge is 0.496 e. The Morgan fingerprint density at radius 1 is 0.842 bits per heavy atom. The van der Waals surface area contributed by atoms with Gasteiger partial charge in [0.2, 0.25) is 5.90 Å². The summed E-state index contributed by atoms with van der Waals surface area (Å²) in [6.45, 7) is 5.10. The number of ether oxygens (including phenoxy) is 3. The molecular formula is C32H44FeNO3P. The van der Waals surface area contributed by atoms with Crippen molar-refractivity contribution in [3.05, 3.63) is 86.4 Å². The Bertz CT molecular complexity index is 1040. The molecule has 0 unspecified atom stereocenters. The zero-order chi connectivity index (χ0) is 24.6. The molecule has 208 valence electrons. The molecule has 1 heterocycles. The van der Waals surface area contributed by atoms with Gasteiger partial charge in [-0.05, 0) is 69.8 Å². The second kappa shape index (κ2) is 16.8. The molecule has 0 spiro atoms. The van der Waals surface area contributed by atoms with Crippen LogP contribution in [0, 0.1) is 20.8 Å². The van der Waals surface area contributed by atoms with Crippen molar-refractivity contribution in [3.63, 3.8) is 0 Å². The van der Waals surface area contributed by atoms with Crippen molar-refractivity contribution in [1.29, 1.82) is 0 Å². The van der Waals surface area contributed by atoms with Gasteiger partial charge in [-0.25, -0.2) is 4.99 Å². The Morgan fingerprint density at radius 2 is 1.39 bits per heavy atom. The van der Waals surface area contributed by atoms with Crippen molar-refractivity contribution in [3.8, 4) is 11.5 Å². The molecule has 1 aliphatic heterocycles. The van der Waals surface area contributed by atoms with Crippen LogP contribution < -0.4 is 20.1 Å². The molecule has 3 aliphatic rings. The molecule has 38 heavy (non-hydrogen) atoms. The van der Waals surface area contributed by atoms with Crippen molar-refractivity contribution in [2.75, 3.05) is 20.8 Å². The van der Waals surface area contributed by atoms with Gasteiger partial charge in [0.05, 0.1) is 20.3 Å². The molecule has 2 aromatic carbocycles. The van der Waals surface area contributed by atoms with Crippen LogP contribution in [0.4, 0.5) is 0 Å². The zero-order valence-electron chi connectivity index (χ0n) is 23.9. The molecule has 1 atom stereocenters. The normalized spacial score (nSPS) is 17.5. The predicted molar refractivity (Wildman–Crippen MR) is 161 cm³/mol. The SMILES string of the molecule is C1=CCCC1.COc1ccccc1P(C1=C(C2=N[C@@H](C(C)C)CO2)CCC1)c1ccccc1OC.[CH3-].[CH3-].[Fe+2]. The number of methoxy groups -OCH3 is 2. The molecule has 0 radical (unpaired) electrons. The minimum absolute atomic E-state index is 0. The monoisotopic (exact) mass is 577 g/mol. The van der Waals surface area contributed by atoms with Gasteiger partial charge in [0, 0.05) is 16.2 Å². The molecule has 4 nitrogen and oxygen atoms in total. The Morgan fingerprint density at radius 3 is 1.84 bits per heavy atom. The van der Waals surface area contributed by atoms with E-state index in [0.717, 1.165) is 36.7 Å². The van der Waals surface area contributed by atoms with Gasteiger partial charge in [0.15, 0.2) is 0 Å². The fourth-order valence-corrected chi connectivity index (χ4v) is 7.68. The summed E-state index contributed by atoms with van der Waals surface area (Å²) < 4.78 is 17.7. The van der Waals surface area contributed by atoms with Crippen molar-refractivity contribution < 1.29 is 31.3 Å². The van der Waals surface area contributed by atoms with E-state index >= 15 is 0 Å². The average Bonchev–Trinajstić information content (AvgIpc) is 3.68. The van der Waals surface area contributed by atoms with Crippen LogP contribution in [0.2, 0.25) is 0 Å². The first-order chi connectivity index (χ1) is 17.1. The minimum Gasteiger partial charge on any atom is -0.496 e. The summed E-state index contributed by atoms with van der Waals surface area (Å²) in [5.41, 5.74) is 1.29. The van der Waals surface area contributed by atoms with E-state index in [4.69, 9.17) is 19.2 Å². The molecule has 0 aromatic heterocycles. The van der Waals surface area contributed by atoms with Crippen LogP contribution >= 0.6 is 7.92 Å². The van der Waals surface area contributed by atoms with Crippen LogP contribution in [0.25, 0.3) is 0 Å². The summed E-state index contributed by atoms with van der Waals surface area (Å²) in [6, 6.07) is 17.0. The summed E-state index contributed by atoms with van der Waals surface area (Å²) in [4.78, 5) is 4.96. The Kier molecular flexibility index (Phi) is 15.0. The van der Waals surface area contributed by atoms with Gasteiger partial charge < -0.3 is 29.1 Å². The maximum Gasteiger partial charge on any atom is 2.00 e. The van der Waals surface area contributed by atoms with Crippen LogP contribution in [0.3, 0.4) is 0 Å². The Labute approximate surface area is 243 Å². The number of aliphatic imine (C=N–C) groups is 1. The molecule has 0 saturated heterocycles. The van der Waals surface area contributed by atoms with Gasteiger partial charge in [-0.1, -0.05) is 62.4 Å². The average molecular weight is 578 g/mol. The van der Waals surface area contributed by atoms with Crippen molar-refractivity contribution >= 4 is 24.4 Å². The molecule has 6 heteroatoms. The molecular weight excluding hydrogens is 533 g/mol. The van der Waals surface area contributed by atoms with Gasteiger partial charge in [0.1, 0.15) is 18.1 Å². The van der Waals surface area contributed by atoms with E-state index in [0.29, 0.717) is 12.5 Å². The number of para-hydroxylation sites is 2. The number of hydrogen-bond donors (Lipinski definition) is 0. The molecule has 0 N–H and O–H groups in total. The summed E-state index contributed by atoms with van der Waals surface area (Å²) in [7, 11) is 2.67. The molecule has 5 rings (SSSR count). The number of rotatable bonds is 7. The third kappa shape index (κ3) is 7.98. The largest absolute Gasteiger partial charge is 2.00 e. The van der Waals surface area contributed by atoms with E-state index in [1.165, 1.54) is 40.8 Å². The first-order valence-corrected chi connectivity index (χ1v) is 14.1. The van der Waals surface area contributed by atoms with Crippen LogP contribution in [-0.2, 0) is 21.8 Å². The number of benzene rings is 2. The maximum atomic E-state index is 6.12. The van der Waals surface area contributed by atoms with Crippen molar-refractivity contribution in [1.82, 2.24) is 0 Å². The van der Waals surface area contributed by atoms with Crippen LogP contribution in [0.1, 0.15) is 52.4 Å². The van der Waals surface area contributed by atoms with Gasteiger partial charge >= 0.3 is 17.1 Å². The third-order valence-electron chi connectivity index (χ3n) is 6.72. The first-order valence-electron chi connectivity index (χ1n) is 12.8. The molecule has 2 aliphatic carbocycles. The fourth-order valence-electron chi connectivity index (χ4n) is 4.74. The number of hydrogen-bond acceptors (Lipinski definition) is 4. The summed E-state index contributed by atoms with van der Waals surface area (Å²) >= 11 is 0. The van der Waals surface area contributed by atoms with E-state index in [1.54, 1.807) is 14.2 Å². The van der Waals surface area contributed by atoms with Crippen LogP contribution in [-0.4, -0.2) is 32.8 Å². The zero-order valence-corrected chi connectivity index (χ0v) is 25.8. The quantitative estimate of drug-likeness (QED) is 0.147. The minimum atomic E-state index is -0.821. The van der Waals surface area contributed by atoms with E-state index in [2.05, 4.69) is 50.3 Å². The second-order valence-corrected chi connectivity index (χ2v) is 11.6. The maximum absolute atomic E-state index is 6.12. The van der Waals surface area contributed by atoms with Gasteiger partial charge in [0.25, 0.3) is 0 Å². The van der Waals surface area contributed by atoms with E-state index in [1.807, 2.05) is 24.3 Å². The topological polar surface area (TPSA) is 40.0 Å². The third-order valence-corrected chi connectivity index (χ3v) is 9.46. The van der Waals surface area contributed by atoms with E-state index < -0.39 is 7.92 Å². The van der Waals surface area contributed by atoms with Crippen LogP contribution in [0.5, 0.6) is 11.5 Å². The fraction of sp³-hybridized carbons (Fsp3) is 0.406. The summed E-state index contributed by atoms with van der Waals surface area (Å²) in [5, 5.41) is 3.86. The summed E-state index contributed by atoms with van der Waals surface area (Å²) in [5.74, 6) is 3.18. The van der Waals surface area contributed by atoms with Gasteiger partial charge in [-0.2, -0.15) is 0 Å². The van der Waals surface area contributed by atoms with Gasteiger partial charge in [-0.3, -0.25) is 0 Å². The standard InChI is InChI=1S/C25H30NO3P.C5H8.2CH3.Fe/c1-17(2)19-16-29-25(26-19)18-10-9-15-22(18)30(23-13-7-5-11-20(23)27-3)24-14-8-6-12-21(24)28-4;1-2-4-5-3-1;;;/h5-8,11-14,17,19H,9-10,15-16H2,1-4H3;1-2H,3-5H2;2*1H3;/q;;2*-1;+2/t19-;;;;/m1..../s1. The Balaban J connectivity index is 0.000000813. The second-order valence-electron chi connectivity index (χ2n) is 9.42. The molecule has 2 aromatic rings. The molecule has 0 saturated carbocycles. The molecule has 0 amide bonds. The van der Waals surface area contributed by atoms with E-state index in [9.17, 15) is 0 Å². The number of allylic oxidation sites excluding steroid dienone is 3. The van der Waals surface area contributed by atoms with Gasteiger partial charge in [-0.15, -0.1) is 0 Å². The predicted octanol–water partition coefficient (Wildman–Crippen LogP) is 7.65. The van der Waals surface area contributed by atoms with Crippen molar-refractivity contribution in [2.24, 2.45) is 10.9 Å². The Hall–Kier alpha value is -2.06. The molecule has 0 bridgehead atoms. The summed E-state index contributed by atoms with van der Waals surface area (Å²) in [6.07, 6.45) is 11.7. The van der Waals surface area contributed by atoms with E-state index in [-0.39, 0.29) is 38.0 Å². The number of nitrogens with zero attached hydrogens (tertiary/aromatic N) is 1. The van der Waals surface area contributed by atoms with Crippen LogP contribution in [0.15, 0.2) is 76.6 Å². The molecule has 0 fully saturated rings. The van der Waals surface area contributed by atoms with Crippen molar-refractivity contribution in [2.45, 2.75) is 58.4 Å².